The molecular formula is C22H28FN3O4S. The summed E-state index contributed by atoms with van der Waals surface area (Å²) in [6, 6.07) is 11.5. The number of anilines is 1. The lowest BCUT2D eigenvalue weighted by Crippen LogP contribution is -2.61. The van der Waals surface area contributed by atoms with Crippen molar-refractivity contribution in [3.8, 4) is 5.75 Å². The molecule has 9 heteroatoms. The van der Waals surface area contributed by atoms with E-state index in [0.29, 0.717) is 44.0 Å². The summed E-state index contributed by atoms with van der Waals surface area (Å²) in [5.74, 6) is 0.252. The van der Waals surface area contributed by atoms with Gasteiger partial charge in [0.1, 0.15) is 23.8 Å². The molecule has 2 atom stereocenters. The lowest BCUT2D eigenvalue weighted by molar-refractivity contribution is -0.0455. The first-order valence-electron chi connectivity index (χ1n) is 10.4. The number of halogens is 1. The van der Waals surface area contributed by atoms with Crippen molar-refractivity contribution in [2.45, 2.75) is 24.1 Å². The van der Waals surface area contributed by atoms with Crippen molar-refractivity contribution in [1.82, 2.24) is 9.21 Å². The fraction of sp³-hybridized carbons (Fsp3) is 0.455. The summed E-state index contributed by atoms with van der Waals surface area (Å²) < 4.78 is 53.1. The molecule has 7 nitrogen and oxygen atoms in total. The predicted molar refractivity (Wildman–Crippen MR) is 116 cm³/mol. The van der Waals surface area contributed by atoms with Gasteiger partial charge in [-0.3, -0.25) is 4.90 Å². The number of benzene rings is 2. The standard InChI is InChI=1S/C22H28FN3O4S/c1-4-26-22(25-14-12-24(13-15-25)17-10-8-16(23)9-11-17)21(30-3)20-18(29-2)6-5-7-19(20)31(26,27)28/h5-11,21-22H,4,12-15H2,1-3H3. The molecule has 0 aliphatic carbocycles. The fourth-order valence-corrected chi connectivity index (χ4v) is 6.51. The Morgan fingerprint density at radius 2 is 1.71 bits per heavy atom. The van der Waals surface area contributed by atoms with Gasteiger partial charge in [-0.15, -0.1) is 0 Å². The van der Waals surface area contributed by atoms with E-state index in [4.69, 9.17) is 9.47 Å². The maximum atomic E-state index is 13.5. The van der Waals surface area contributed by atoms with E-state index >= 15 is 0 Å². The highest BCUT2D eigenvalue weighted by Gasteiger charge is 2.48. The SMILES string of the molecule is CCN1C(N2CCN(c3ccc(F)cc3)CC2)C(OC)c2c(OC)cccc2S1(=O)=O. The Balaban J connectivity index is 1.66. The molecule has 2 aliphatic rings. The van der Waals surface area contributed by atoms with E-state index in [-0.39, 0.29) is 10.7 Å². The zero-order chi connectivity index (χ0) is 22.2. The van der Waals surface area contributed by atoms with Crippen LogP contribution in [0.1, 0.15) is 18.6 Å². The van der Waals surface area contributed by atoms with Crippen LogP contribution < -0.4 is 9.64 Å². The van der Waals surface area contributed by atoms with Crippen LogP contribution >= 0.6 is 0 Å². The number of nitrogens with zero attached hydrogens (tertiary/aromatic N) is 3. The summed E-state index contributed by atoms with van der Waals surface area (Å²) in [5, 5.41) is 0. The van der Waals surface area contributed by atoms with E-state index in [1.807, 2.05) is 6.92 Å². The van der Waals surface area contributed by atoms with Gasteiger partial charge >= 0.3 is 0 Å². The normalized spacial score (nSPS) is 24.1. The zero-order valence-corrected chi connectivity index (χ0v) is 18.8. The molecule has 0 amide bonds. The summed E-state index contributed by atoms with van der Waals surface area (Å²) >= 11 is 0. The Kier molecular flexibility index (Phi) is 6.20. The summed E-state index contributed by atoms with van der Waals surface area (Å²) in [6.45, 7) is 4.89. The fourth-order valence-electron chi connectivity index (χ4n) is 4.64. The molecule has 0 spiro atoms. The molecule has 2 aromatic rings. The lowest BCUT2D eigenvalue weighted by Gasteiger charge is -2.48. The molecule has 2 unspecified atom stereocenters. The number of sulfonamides is 1. The number of methoxy groups -OCH3 is 2. The van der Waals surface area contributed by atoms with Gasteiger partial charge in [0.15, 0.2) is 0 Å². The largest absolute Gasteiger partial charge is 0.496 e. The summed E-state index contributed by atoms with van der Waals surface area (Å²) in [5.41, 5.74) is 1.53. The van der Waals surface area contributed by atoms with Gasteiger partial charge in [-0.05, 0) is 36.4 Å². The Labute approximate surface area is 183 Å². The van der Waals surface area contributed by atoms with Crippen LogP contribution in [0, 0.1) is 5.82 Å². The molecule has 0 aromatic heterocycles. The van der Waals surface area contributed by atoms with Crippen LogP contribution in [0.3, 0.4) is 0 Å². The number of ether oxygens (including phenoxy) is 2. The van der Waals surface area contributed by atoms with Gasteiger partial charge in [-0.2, -0.15) is 4.31 Å². The van der Waals surface area contributed by atoms with Crippen LogP contribution in [0.4, 0.5) is 10.1 Å². The number of likely N-dealkylation sites (N-methyl/N-ethyl adjacent to an activating group) is 1. The molecule has 2 heterocycles. The lowest BCUT2D eigenvalue weighted by atomic mass is 10.0. The first kappa shape index (κ1) is 22.0. The third-order valence-corrected chi connectivity index (χ3v) is 8.13. The number of rotatable bonds is 5. The van der Waals surface area contributed by atoms with E-state index in [9.17, 15) is 12.8 Å². The number of hydrogen-bond donors (Lipinski definition) is 0. The molecule has 168 valence electrons. The highest BCUT2D eigenvalue weighted by Crippen LogP contribution is 2.44. The minimum absolute atomic E-state index is 0.238. The average Bonchev–Trinajstić information content (AvgIpc) is 2.79. The van der Waals surface area contributed by atoms with Crippen molar-refractivity contribution in [1.29, 1.82) is 0 Å². The minimum Gasteiger partial charge on any atom is -0.496 e. The molecule has 31 heavy (non-hydrogen) atoms. The van der Waals surface area contributed by atoms with Gasteiger partial charge in [-0.1, -0.05) is 13.0 Å². The van der Waals surface area contributed by atoms with Crippen LogP contribution in [-0.2, 0) is 14.8 Å². The maximum Gasteiger partial charge on any atom is 0.245 e. The molecule has 2 aliphatic heterocycles. The van der Waals surface area contributed by atoms with Crippen molar-refractivity contribution < 1.29 is 22.3 Å². The second-order valence-electron chi connectivity index (χ2n) is 7.65. The quantitative estimate of drug-likeness (QED) is 0.700. The zero-order valence-electron chi connectivity index (χ0n) is 18.0. The molecular weight excluding hydrogens is 421 g/mol. The third kappa shape index (κ3) is 3.80. The second-order valence-corrected chi connectivity index (χ2v) is 9.51. The van der Waals surface area contributed by atoms with E-state index < -0.39 is 22.3 Å². The first-order valence-corrected chi connectivity index (χ1v) is 11.8. The second kappa shape index (κ2) is 8.74. The van der Waals surface area contributed by atoms with Gasteiger partial charge in [-0.25, -0.2) is 12.8 Å². The monoisotopic (exact) mass is 449 g/mol. The summed E-state index contributed by atoms with van der Waals surface area (Å²) in [6.07, 6.45) is -0.953. The van der Waals surface area contributed by atoms with Gasteiger partial charge in [0, 0.05) is 51.1 Å². The molecule has 0 bridgehead atoms. The number of fused-ring (bicyclic) bond motifs is 1. The van der Waals surface area contributed by atoms with Crippen LogP contribution in [0.15, 0.2) is 47.4 Å². The molecule has 0 radical (unpaired) electrons. The van der Waals surface area contributed by atoms with Crippen molar-refractivity contribution in [2.24, 2.45) is 0 Å². The molecule has 0 saturated carbocycles. The molecule has 1 fully saturated rings. The van der Waals surface area contributed by atoms with Crippen molar-refractivity contribution in [3.05, 3.63) is 53.8 Å². The van der Waals surface area contributed by atoms with Crippen molar-refractivity contribution >= 4 is 15.7 Å². The molecule has 0 N–H and O–H groups in total. The molecule has 1 saturated heterocycles. The smallest absolute Gasteiger partial charge is 0.245 e. The molecule has 4 rings (SSSR count). The van der Waals surface area contributed by atoms with Gasteiger partial charge < -0.3 is 14.4 Å². The summed E-state index contributed by atoms with van der Waals surface area (Å²) in [4.78, 5) is 4.58. The summed E-state index contributed by atoms with van der Waals surface area (Å²) in [7, 11) is -0.556. The average molecular weight is 450 g/mol. The van der Waals surface area contributed by atoms with E-state index in [2.05, 4.69) is 9.80 Å². The predicted octanol–water partition coefficient (Wildman–Crippen LogP) is 2.69. The van der Waals surface area contributed by atoms with Crippen LogP contribution in [0.25, 0.3) is 0 Å². The van der Waals surface area contributed by atoms with Crippen LogP contribution in [-0.4, -0.2) is 70.7 Å². The Morgan fingerprint density at radius 3 is 2.29 bits per heavy atom. The van der Waals surface area contributed by atoms with Gasteiger partial charge in [0.05, 0.1) is 12.0 Å². The highest BCUT2D eigenvalue weighted by molar-refractivity contribution is 7.89. The number of piperazine rings is 1. The Hall–Kier alpha value is -2.20. The van der Waals surface area contributed by atoms with Gasteiger partial charge in [0.2, 0.25) is 10.0 Å². The van der Waals surface area contributed by atoms with E-state index in [0.717, 1.165) is 5.69 Å². The Bertz CT molecular complexity index is 1020. The topological polar surface area (TPSA) is 62.3 Å². The van der Waals surface area contributed by atoms with E-state index in [1.54, 1.807) is 37.4 Å². The molecule has 2 aromatic carbocycles. The maximum absolute atomic E-state index is 13.5. The van der Waals surface area contributed by atoms with E-state index in [1.165, 1.54) is 23.5 Å². The van der Waals surface area contributed by atoms with Crippen LogP contribution in [0.2, 0.25) is 0 Å². The van der Waals surface area contributed by atoms with Crippen LogP contribution in [0.5, 0.6) is 5.75 Å². The third-order valence-electron chi connectivity index (χ3n) is 6.13. The number of hydrogen-bond acceptors (Lipinski definition) is 6. The van der Waals surface area contributed by atoms with Crippen molar-refractivity contribution in [2.75, 3.05) is 51.8 Å². The van der Waals surface area contributed by atoms with Gasteiger partial charge in [0.25, 0.3) is 0 Å². The minimum atomic E-state index is -3.70. The highest BCUT2D eigenvalue weighted by atomic mass is 32.2. The first-order chi connectivity index (χ1) is 14.9. The van der Waals surface area contributed by atoms with Crippen molar-refractivity contribution in [3.63, 3.8) is 0 Å². The Morgan fingerprint density at radius 1 is 1.03 bits per heavy atom.